The molecule has 0 N–H and O–H groups in total. The van der Waals surface area contributed by atoms with Crippen LogP contribution in [0.1, 0.15) is 48.5 Å². The van der Waals surface area contributed by atoms with Gasteiger partial charge < -0.3 is 4.90 Å². The standard InChI is InChI=1S/C14H26N2O2/c1-8-15-13(18)16(11(6)7)12(17)14(15,9(2)3)10(4)5/h9-11H,8H2,1-7H3. The SMILES string of the molecule is CCN1C(=O)N(C(C)C)C(=O)C1(C(C)C)C(C)C. The van der Waals surface area contributed by atoms with Gasteiger partial charge in [0.2, 0.25) is 0 Å². The van der Waals surface area contributed by atoms with Gasteiger partial charge in [-0.15, -0.1) is 0 Å². The Bertz CT molecular complexity index is 340. The molecule has 0 aromatic rings. The van der Waals surface area contributed by atoms with Gasteiger partial charge in [-0.05, 0) is 32.6 Å². The van der Waals surface area contributed by atoms with Gasteiger partial charge in [-0.2, -0.15) is 0 Å². The lowest BCUT2D eigenvalue weighted by atomic mass is 9.75. The monoisotopic (exact) mass is 254 g/mol. The van der Waals surface area contributed by atoms with Crippen LogP contribution >= 0.6 is 0 Å². The van der Waals surface area contributed by atoms with Crippen LogP contribution in [-0.2, 0) is 4.79 Å². The van der Waals surface area contributed by atoms with E-state index >= 15 is 0 Å². The molecule has 4 heteroatoms. The van der Waals surface area contributed by atoms with E-state index in [-0.39, 0.29) is 29.8 Å². The van der Waals surface area contributed by atoms with Crippen molar-refractivity contribution in [3.63, 3.8) is 0 Å². The first kappa shape index (κ1) is 15.0. The van der Waals surface area contributed by atoms with Crippen molar-refractivity contribution in [1.82, 2.24) is 9.80 Å². The van der Waals surface area contributed by atoms with E-state index < -0.39 is 5.54 Å². The zero-order chi connectivity index (χ0) is 14.2. The van der Waals surface area contributed by atoms with Crippen LogP contribution in [0.25, 0.3) is 0 Å². The number of amides is 3. The molecule has 1 saturated heterocycles. The molecule has 18 heavy (non-hydrogen) atoms. The molecule has 0 atom stereocenters. The van der Waals surface area contributed by atoms with Crippen LogP contribution in [0.3, 0.4) is 0 Å². The molecule has 0 unspecified atom stereocenters. The zero-order valence-corrected chi connectivity index (χ0v) is 12.7. The first-order valence-corrected chi connectivity index (χ1v) is 6.88. The second-order valence-electron chi connectivity index (χ2n) is 5.93. The fraction of sp³-hybridized carbons (Fsp3) is 0.857. The Hall–Kier alpha value is -1.06. The van der Waals surface area contributed by atoms with Crippen molar-refractivity contribution in [2.75, 3.05) is 6.54 Å². The maximum absolute atomic E-state index is 12.8. The topological polar surface area (TPSA) is 40.6 Å². The molecular weight excluding hydrogens is 228 g/mol. The molecule has 4 nitrogen and oxygen atoms in total. The van der Waals surface area contributed by atoms with E-state index in [2.05, 4.69) is 0 Å². The Morgan fingerprint density at radius 2 is 1.44 bits per heavy atom. The Balaban J connectivity index is 3.40. The van der Waals surface area contributed by atoms with Gasteiger partial charge in [0.05, 0.1) is 0 Å². The summed E-state index contributed by atoms with van der Waals surface area (Å²) in [5, 5.41) is 0. The minimum absolute atomic E-state index is 0.0330. The van der Waals surface area contributed by atoms with E-state index in [1.807, 2.05) is 48.5 Å². The van der Waals surface area contributed by atoms with Crippen molar-refractivity contribution >= 4 is 11.9 Å². The summed E-state index contributed by atoms with van der Waals surface area (Å²) in [5.41, 5.74) is -0.684. The van der Waals surface area contributed by atoms with Gasteiger partial charge in [-0.25, -0.2) is 4.79 Å². The third-order valence-electron chi connectivity index (χ3n) is 4.04. The molecule has 0 bridgehead atoms. The maximum Gasteiger partial charge on any atom is 0.327 e. The average molecular weight is 254 g/mol. The summed E-state index contributed by atoms with van der Waals surface area (Å²) in [4.78, 5) is 28.4. The lowest BCUT2D eigenvalue weighted by Crippen LogP contribution is -2.57. The number of carbonyl (C=O) groups excluding carboxylic acids is 2. The lowest BCUT2D eigenvalue weighted by Gasteiger charge is -2.41. The molecule has 1 rings (SSSR count). The van der Waals surface area contributed by atoms with Gasteiger partial charge in [0.1, 0.15) is 5.54 Å². The number of nitrogens with zero attached hydrogens (tertiary/aromatic N) is 2. The number of hydrogen-bond acceptors (Lipinski definition) is 2. The van der Waals surface area contributed by atoms with Crippen LogP contribution in [0, 0.1) is 11.8 Å². The number of hydrogen-bond donors (Lipinski definition) is 0. The van der Waals surface area contributed by atoms with Crippen molar-refractivity contribution in [3.8, 4) is 0 Å². The van der Waals surface area contributed by atoms with Gasteiger partial charge >= 0.3 is 6.03 Å². The van der Waals surface area contributed by atoms with Crippen molar-refractivity contribution in [1.29, 1.82) is 0 Å². The van der Waals surface area contributed by atoms with Crippen molar-refractivity contribution in [2.45, 2.75) is 60.0 Å². The number of rotatable bonds is 4. The quantitative estimate of drug-likeness (QED) is 0.724. The van der Waals surface area contributed by atoms with Crippen molar-refractivity contribution < 1.29 is 9.59 Å². The summed E-state index contributed by atoms with van der Waals surface area (Å²) in [6.07, 6.45) is 0. The molecule has 1 aliphatic rings. The smallest absolute Gasteiger partial charge is 0.309 e. The van der Waals surface area contributed by atoms with Crippen LogP contribution in [0.4, 0.5) is 4.79 Å². The Morgan fingerprint density at radius 3 is 1.67 bits per heavy atom. The zero-order valence-electron chi connectivity index (χ0n) is 12.7. The summed E-state index contributed by atoms with van der Waals surface area (Å²) in [5.74, 6) is 0.185. The first-order valence-electron chi connectivity index (χ1n) is 6.88. The average Bonchev–Trinajstić information content (AvgIpc) is 2.46. The predicted octanol–water partition coefficient (Wildman–Crippen LogP) is 2.73. The second-order valence-corrected chi connectivity index (χ2v) is 5.93. The Labute approximate surface area is 110 Å². The summed E-state index contributed by atoms with van der Waals surface area (Å²) < 4.78 is 0. The third-order valence-corrected chi connectivity index (χ3v) is 4.04. The molecule has 0 aromatic carbocycles. The molecule has 104 valence electrons. The van der Waals surface area contributed by atoms with E-state index in [1.165, 1.54) is 4.90 Å². The van der Waals surface area contributed by atoms with Gasteiger partial charge in [0.25, 0.3) is 5.91 Å². The van der Waals surface area contributed by atoms with Crippen LogP contribution in [0.5, 0.6) is 0 Å². The molecule has 1 aliphatic heterocycles. The van der Waals surface area contributed by atoms with Crippen LogP contribution in [-0.4, -0.2) is 39.9 Å². The molecule has 1 heterocycles. The summed E-state index contributed by atoms with van der Waals surface area (Å²) in [6.45, 7) is 14.4. The second kappa shape index (κ2) is 4.90. The van der Waals surface area contributed by atoms with Crippen LogP contribution < -0.4 is 0 Å². The van der Waals surface area contributed by atoms with Gasteiger partial charge in [0, 0.05) is 12.6 Å². The minimum Gasteiger partial charge on any atom is -0.309 e. The maximum atomic E-state index is 12.8. The number of imide groups is 1. The highest BCUT2D eigenvalue weighted by molar-refractivity contribution is 6.07. The Kier molecular flexibility index (Phi) is 4.08. The summed E-state index contributed by atoms with van der Waals surface area (Å²) >= 11 is 0. The van der Waals surface area contributed by atoms with Crippen LogP contribution in [0.15, 0.2) is 0 Å². The predicted molar refractivity (Wildman–Crippen MR) is 72.2 cm³/mol. The molecule has 1 fully saturated rings. The van der Waals surface area contributed by atoms with E-state index in [4.69, 9.17) is 0 Å². The van der Waals surface area contributed by atoms with Crippen molar-refractivity contribution in [3.05, 3.63) is 0 Å². The van der Waals surface area contributed by atoms with Crippen molar-refractivity contribution in [2.24, 2.45) is 11.8 Å². The highest BCUT2D eigenvalue weighted by atomic mass is 16.2. The molecule has 0 spiro atoms. The molecule has 0 aromatic heterocycles. The molecular formula is C14H26N2O2. The fourth-order valence-corrected chi connectivity index (χ4v) is 3.32. The molecule has 0 radical (unpaired) electrons. The van der Waals surface area contributed by atoms with Gasteiger partial charge in [-0.3, -0.25) is 9.69 Å². The van der Waals surface area contributed by atoms with E-state index in [0.29, 0.717) is 6.54 Å². The van der Waals surface area contributed by atoms with E-state index in [1.54, 1.807) is 4.90 Å². The molecule has 0 aliphatic carbocycles. The minimum atomic E-state index is -0.684. The van der Waals surface area contributed by atoms with Gasteiger partial charge in [0.15, 0.2) is 0 Å². The fourth-order valence-electron chi connectivity index (χ4n) is 3.32. The lowest BCUT2D eigenvalue weighted by molar-refractivity contribution is -0.139. The number of carbonyl (C=O) groups is 2. The highest BCUT2D eigenvalue weighted by Gasteiger charge is 2.60. The third kappa shape index (κ3) is 1.73. The number of likely N-dealkylation sites (N-methyl/N-ethyl adjacent to an activating group) is 1. The summed E-state index contributed by atoms with van der Waals surface area (Å²) in [6, 6.07) is -0.224. The van der Waals surface area contributed by atoms with Gasteiger partial charge in [-0.1, -0.05) is 27.7 Å². The van der Waals surface area contributed by atoms with E-state index in [9.17, 15) is 9.59 Å². The Morgan fingerprint density at radius 1 is 1.00 bits per heavy atom. The van der Waals surface area contributed by atoms with E-state index in [0.717, 1.165) is 0 Å². The number of urea groups is 1. The molecule has 3 amide bonds. The molecule has 0 saturated carbocycles. The first-order chi connectivity index (χ1) is 8.22. The largest absolute Gasteiger partial charge is 0.327 e. The van der Waals surface area contributed by atoms with Crippen LogP contribution in [0.2, 0.25) is 0 Å². The highest BCUT2D eigenvalue weighted by Crippen LogP contribution is 2.41. The summed E-state index contributed by atoms with van der Waals surface area (Å²) in [7, 11) is 0. The normalized spacial score (nSPS) is 19.9.